The van der Waals surface area contributed by atoms with Crippen LogP contribution in [0.5, 0.6) is 0 Å². The zero-order valence-corrected chi connectivity index (χ0v) is 14.5. The lowest BCUT2D eigenvalue weighted by atomic mass is 10.1. The molecule has 136 valence electrons. The summed E-state index contributed by atoms with van der Waals surface area (Å²) in [7, 11) is 1.90. The van der Waals surface area contributed by atoms with E-state index in [-0.39, 0.29) is 6.04 Å². The summed E-state index contributed by atoms with van der Waals surface area (Å²) in [5.41, 5.74) is 1.99. The van der Waals surface area contributed by atoms with Crippen LogP contribution in [0.15, 0.2) is 61.2 Å². The van der Waals surface area contributed by atoms with Crippen LogP contribution in [0.1, 0.15) is 29.7 Å². The Morgan fingerprint density at radius 1 is 1.12 bits per heavy atom. The van der Waals surface area contributed by atoms with E-state index in [0.717, 1.165) is 17.3 Å². The van der Waals surface area contributed by atoms with E-state index in [0.29, 0.717) is 12.1 Å². The second-order valence-corrected chi connectivity index (χ2v) is 6.22. The molecule has 3 aromatic rings. The predicted octanol–water partition coefficient (Wildman–Crippen LogP) is 4.48. The van der Waals surface area contributed by atoms with Gasteiger partial charge in [0.15, 0.2) is 0 Å². The molecule has 0 unspecified atom stereocenters. The molecule has 26 heavy (non-hydrogen) atoms. The highest BCUT2D eigenvalue weighted by Crippen LogP contribution is 2.30. The first-order valence-electron chi connectivity index (χ1n) is 8.16. The molecule has 1 atom stereocenters. The number of hydrogen-bond donors (Lipinski definition) is 0. The van der Waals surface area contributed by atoms with Crippen molar-refractivity contribution in [3.05, 3.63) is 77.9 Å². The van der Waals surface area contributed by atoms with E-state index in [1.54, 1.807) is 17.1 Å². The summed E-state index contributed by atoms with van der Waals surface area (Å²) in [6, 6.07) is 13.4. The van der Waals surface area contributed by atoms with Gasteiger partial charge in [0.2, 0.25) is 0 Å². The molecule has 1 heterocycles. The van der Waals surface area contributed by atoms with Gasteiger partial charge in [-0.2, -0.15) is 18.3 Å². The summed E-state index contributed by atoms with van der Waals surface area (Å²) in [6.45, 7) is 2.45. The first-order valence-corrected chi connectivity index (χ1v) is 8.16. The highest BCUT2D eigenvalue weighted by Gasteiger charge is 2.30. The number of nitrogens with zero attached hydrogens (tertiary/aromatic N) is 4. The third-order valence-electron chi connectivity index (χ3n) is 4.41. The largest absolute Gasteiger partial charge is 0.416 e. The van der Waals surface area contributed by atoms with Crippen molar-refractivity contribution in [1.29, 1.82) is 0 Å². The average molecular weight is 360 g/mol. The molecule has 0 aliphatic carbocycles. The molecule has 2 aromatic carbocycles. The molecule has 0 aliphatic rings. The minimum atomic E-state index is -4.32. The molecule has 0 amide bonds. The van der Waals surface area contributed by atoms with Crippen LogP contribution >= 0.6 is 0 Å². The van der Waals surface area contributed by atoms with E-state index in [2.05, 4.69) is 10.1 Å². The molecule has 0 bridgehead atoms. The Morgan fingerprint density at radius 3 is 2.46 bits per heavy atom. The normalized spacial score (nSPS) is 13.2. The molecule has 7 heteroatoms. The fourth-order valence-electron chi connectivity index (χ4n) is 2.77. The predicted molar refractivity (Wildman–Crippen MR) is 92.7 cm³/mol. The van der Waals surface area contributed by atoms with Crippen molar-refractivity contribution in [3.8, 4) is 5.69 Å². The molecule has 0 saturated heterocycles. The second kappa shape index (κ2) is 7.29. The summed E-state index contributed by atoms with van der Waals surface area (Å²) < 4.78 is 40.2. The van der Waals surface area contributed by atoms with Gasteiger partial charge in [0.1, 0.15) is 12.7 Å². The van der Waals surface area contributed by atoms with E-state index in [1.165, 1.54) is 18.5 Å². The molecule has 0 fully saturated rings. The van der Waals surface area contributed by atoms with Crippen LogP contribution in [-0.2, 0) is 12.7 Å². The van der Waals surface area contributed by atoms with Crippen molar-refractivity contribution in [2.75, 3.05) is 7.05 Å². The van der Waals surface area contributed by atoms with Crippen LogP contribution in [0.25, 0.3) is 5.69 Å². The van der Waals surface area contributed by atoms with Crippen molar-refractivity contribution in [2.24, 2.45) is 0 Å². The summed E-state index contributed by atoms with van der Waals surface area (Å²) in [5, 5.41) is 4.08. The van der Waals surface area contributed by atoms with Crippen LogP contribution < -0.4 is 0 Å². The van der Waals surface area contributed by atoms with E-state index in [9.17, 15) is 13.2 Å². The first kappa shape index (κ1) is 18.1. The van der Waals surface area contributed by atoms with Crippen molar-refractivity contribution in [2.45, 2.75) is 25.7 Å². The molecular weight excluding hydrogens is 341 g/mol. The zero-order valence-electron chi connectivity index (χ0n) is 14.5. The number of hydrogen-bond acceptors (Lipinski definition) is 3. The van der Waals surface area contributed by atoms with Crippen molar-refractivity contribution >= 4 is 0 Å². The van der Waals surface area contributed by atoms with Crippen molar-refractivity contribution < 1.29 is 13.2 Å². The standard InChI is InChI=1S/C19H19F3N4/c1-14(16-6-8-18(9-7-16)26-13-23-12-24-26)25(2)11-15-4-3-5-17(10-15)19(20,21)22/h3-10,12-14H,11H2,1-2H3/t14-/m1/s1. The molecule has 0 spiro atoms. The Morgan fingerprint density at radius 2 is 1.85 bits per heavy atom. The highest BCUT2D eigenvalue weighted by molar-refractivity contribution is 5.34. The third kappa shape index (κ3) is 4.11. The smallest absolute Gasteiger partial charge is 0.295 e. The van der Waals surface area contributed by atoms with Gasteiger partial charge in [-0.05, 0) is 43.3 Å². The fraction of sp³-hybridized carbons (Fsp3) is 0.263. The van der Waals surface area contributed by atoms with E-state index in [1.807, 2.05) is 43.1 Å². The zero-order chi connectivity index (χ0) is 18.7. The lowest BCUT2D eigenvalue weighted by Crippen LogP contribution is -2.22. The van der Waals surface area contributed by atoms with Gasteiger partial charge >= 0.3 is 6.18 Å². The number of aromatic nitrogens is 3. The fourth-order valence-corrected chi connectivity index (χ4v) is 2.77. The van der Waals surface area contributed by atoms with Crippen molar-refractivity contribution in [1.82, 2.24) is 19.7 Å². The first-order chi connectivity index (χ1) is 12.3. The van der Waals surface area contributed by atoms with Gasteiger partial charge in [0.05, 0.1) is 11.3 Å². The Hall–Kier alpha value is -2.67. The maximum absolute atomic E-state index is 12.9. The molecule has 4 nitrogen and oxygen atoms in total. The number of rotatable bonds is 5. The molecule has 0 N–H and O–H groups in total. The maximum Gasteiger partial charge on any atom is 0.416 e. The van der Waals surface area contributed by atoms with Gasteiger partial charge in [-0.25, -0.2) is 9.67 Å². The van der Waals surface area contributed by atoms with E-state index in [4.69, 9.17) is 0 Å². The number of alkyl halides is 3. The number of benzene rings is 2. The monoisotopic (exact) mass is 360 g/mol. The lowest BCUT2D eigenvalue weighted by molar-refractivity contribution is -0.137. The Balaban J connectivity index is 1.71. The Bertz CT molecular complexity index is 842. The number of halogens is 3. The van der Waals surface area contributed by atoms with Gasteiger partial charge in [-0.3, -0.25) is 4.90 Å². The Labute approximate surface area is 149 Å². The highest BCUT2D eigenvalue weighted by atomic mass is 19.4. The third-order valence-corrected chi connectivity index (χ3v) is 4.41. The summed E-state index contributed by atoms with van der Waals surface area (Å²) in [4.78, 5) is 5.93. The molecule has 1 aromatic heterocycles. The Kier molecular flexibility index (Phi) is 5.08. The second-order valence-electron chi connectivity index (χ2n) is 6.22. The van der Waals surface area contributed by atoms with Gasteiger partial charge < -0.3 is 0 Å². The maximum atomic E-state index is 12.9. The van der Waals surface area contributed by atoms with Gasteiger partial charge in [0, 0.05) is 12.6 Å². The molecular formula is C19H19F3N4. The molecule has 3 rings (SSSR count). The summed E-state index contributed by atoms with van der Waals surface area (Å²) in [5.74, 6) is 0. The average Bonchev–Trinajstić information content (AvgIpc) is 3.15. The molecule has 0 radical (unpaired) electrons. The van der Waals surface area contributed by atoms with Gasteiger partial charge in [-0.1, -0.05) is 30.3 Å². The van der Waals surface area contributed by atoms with Crippen molar-refractivity contribution in [3.63, 3.8) is 0 Å². The van der Waals surface area contributed by atoms with Gasteiger partial charge in [0.25, 0.3) is 0 Å². The van der Waals surface area contributed by atoms with Crippen LogP contribution in [0, 0.1) is 0 Å². The van der Waals surface area contributed by atoms with Crippen LogP contribution in [0.3, 0.4) is 0 Å². The quantitative estimate of drug-likeness (QED) is 0.673. The summed E-state index contributed by atoms with van der Waals surface area (Å²) >= 11 is 0. The van der Waals surface area contributed by atoms with Crippen LogP contribution in [-0.4, -0.2) is 26.7 Å². The SMILES string of the molecule is C[C@H](c1ccc(-n2cncn2)cc1)N(C)Cc1cccc(C(F)(F)F)c1. The minimum absolute atomic E-state index is 0.0503. The van der Waals surface area contributed by atoms with Crippen LogP contribution in [0.2, 0.25) is 0 Å². The molecule has 0 saturated carbocycles. The molecule has 0 aliphatic heterocycles. The summed E-state index contributed by atoms with van der Waals surface area (Å²) in [6.07, 6.45) is -1.23. The van der Waals surface area contributed by atoms with E-state index < -0.39 is 11.7 Å². The topological polar surface area (TPSA) is 34.0 Å². The van der Waals surface area contributed by atoms with Gasteiger partial charge in [-0.15, -0.1) is 0 Å². The minimum Gasteiger partial charge on any atom is -0.295 e. The lowest BCUT2D eigenvalue weighted by Gasteiger charge is -2.25. The van der Waals surface area contributed by atoms with Crippen LogP contribution in [0.4, 0.5) is 13.2 Å². The van der Waals surface area contributed by atoms with E-state index >= 15 is 0 Å².